The normalized spacial score (nSPS) is 12.3. The number of aryl methyl sites for hydroxylation is 1. The molecule has 1 aromatic rings. The van der Waals surface area contributed by atoms with Crippen LogP contribution in [0.3, 0.4) is 0 Å². The van der Waals surface area contributed by atoms with Crippen molar-refractivity contribution < 1.29 is 17.2 Å². The molecule has 104 valence electrons. The van der Waals surface area contributed by atoms with Crippen LogP contribution in [-0.4, -0.2) is 27.9 Å². The lowest BCUT2D eigenvalue weighted by Gasteiger charge is -2.03. The lowest BCUT2D eigenvalue weighted by atomic mass is 10.3. The zero-order valence-corrected chi connectivity index (χ0v) is 11.8. The topological polar surface area (TPSA) is 58.2 Å². The molecule has 8 heteroatoms. The van der Waals surface area contributed by atoms with Crippen LogP contribution in [-0.2, 0) is 16.6 Å². The minimum absolute atomic E-state index is 0.0774. The molecule has 0 aliphatic carbocycles. The Kier molecular flexibility index (Phi) is 5.64. The van der Waals surface area contributed by atoms with E-state index in [0.717, 1.165) is 28.3 Å². The maximum atomic E-state index is 12.0. The fourth-order valence-corrected chi connectivity index (χ4v) is 3.89. The molecule has 0 aliphatic heterocycles. The van der Waals surface area contributed by atoms with Crippen molar-refractivity contribution in [2.45, 2.75) is 31.0 Å². The minimum Gasteiger partial charge on any atom is -0.312 e. The molecule has 0 fully saturated rings. The minimum atomic E-state index is -3.82. The first-order chi connectivity index (χ1) is 8.36. The third-order valence-electron chi connectivity index (χ3n) is 2.23. The van der Waals surface area contributed by atoms with Gasteiger partial charge < -0.3 is 5.32 Å². The molecular formula is C10H16F2N2O2S2. The van der Waals surface area contributed by atoms with Crippen LogP contribution < -0.4 is 10.0 Å². The number of hydrogen-bond acceptors (Lipinski definition) is 4. The van der Waals surface area contributed by atoms with E-state index in [-0.39, 0.29) is 4.21 Å². The molecule has 1 aromatic heterocycles. The van der Waals surface area contributed by atoms with Gasteiger partial charge in [0.2, 0.25) is 10.0 Å². The molecule has 0 saturated carbocycles. The molecule has 0 radical (unpaired) electrons. The summed E-state index contributed by atoms with van der Waals surface area (Å²) < 4.78 is 49.4. The molecule has 4 nitrogen and oxygen atoms in total. The van der Waals surface area contributed by atoms with Crippen molar-refractivity contribution >= 4 is 21.4 Å². The molecule has 18 heavy (non-hydrogen) atoms. The molecule has 0 saturated heterocycles. The molecule has 0 aromatic carbocycles. The molecule has 0 bridgehead atoms. The van der Waals surface area contributed by atoms with Crippen molar-refractivity contribution in [2.24, 2.45) is 0 Å². The monoisotopic (exact) mass is 298 g/mol. The van der Waals surface area contributed by atoms with Gasteiger partial charge >= 0.3 is 0 Å². The lowest BCUT2D eigenvalue weighted by Crippen LogP contribution is -2.28. The second-order valence-electron chi connectivity index (χ2n) is 3.69. The standard InChI is InChI=1S/C10H16F2N2O2S2/c1-3-13-5-8-7(2)4-10(17-8)18(15,16)14-6-9(11)12/h4,9,13-14H,3,5-6H2,1-2H3. The van der Waals surface area contributed by atoms with Gasteiger partial charge in [-0.1, -0.05) is 6.92 Å². The largest absolute Gasteiger partial charge is 0.312 e. The molecular weight excluding hydrogens is 282 g/mol. The summed E-state index contributed by atoms with van der Waals surface area (Å²) in [6.07, 6.45) is -2.69. The third kappa shape index (κ3) is 4.27. The molecule has 0 spiro atoms. The smallest absolute Gasteiger partial charge is 0.251 e. The van der Waals surface area contributed by atoms with Crippen LogP contribution in [0, 0.1) is 6.92 Å². The molecule has 0 amide bonds. The summed E-state index contributed by atoms with van der Waals surface area (Å²) in [6, 6.07) is 1.51. The highest BCUT2D eigenvalue weighted by atomic mass is 32.2. The van der Waals surface area contributed by atoms with E-state index in [1.165, 1.54) is 6.07 Å². The van der Waals surface area contributed by atoms with Crippen LogP contribution >= 0.6 is 11.3 Å². The number of halogens is 2. The van der Waals surface area contributed by atoms with Gasteiger partial charge in [-0.3, -0.25) is 0 Å². The highest BCUT2D eigenvalue weighted by Crippen LogP contribution is 2.25. The Labute approximate surface area is 109 Å². The third-order valence-corrected chi connectivity index (χ3v) is 5.36. The quantitative estimate of drug-likeness (QED) is 0.805. The van der Waals surface area contributed by atoms with Gasteiger partial charge in [-0.15, -0.1) is 11.3 Å². The summed E-state index contributed by atoms with van der Waals surface area (Å²) in [5.41, 5.74) is 0.846. The first-order valence-electron chi connectivity index (χ1n) is 5.44. The van der Waals surface area contributed by atoms with Crippen molar-refractivity contribution in [3.8, 4) is 0 Å². The lowest BCUT2D eigenvalue weighted by molar-refractivity contribution is 0.153. The molecule has 0 atom stereocenters. The van der Waals surface area contributed by atoms with Crippen LogP contribution in [0.1, 0.15) is 17.4 Å². The average Bonchev–Trinajstić information content (AvgIpc) is 2.66. The predicted octanol–water partition coefficient (Wildman–Crippen LogP) is 1.71. The van der Waals surface area contributed by atoms with E-state index in [9.17, 15) is 17.2 Å². The second kappa shape index (κ2) is 6.55. The Hall–Kier alpha value is -0.570. The van der Waals surface area contributed by atoms with Crippen LogP contribution in [0.15, 0.2) is 10.3 Å². The van der Waals surface area contributed by atoms with Crippen LogP contribution in [0.25, 0.3) is 0 Å². The molecule has 1 heterocycles. The number of rotatable bonds is 7. The highest BCUT2D eigenvalue weighted by molar-refractivity contribution is 7.91. The highest BCUT2D eigenvalue weighted by Gasteiger charge is 2.19. The Balaban J connectivity index is 2.83. The van der Waals surface area contributed by atoms with Gasteiger partial charge in [0, 0.05) is 11.4 Å². The number of alkyl halides is 2. The van der Waals surface area contributed by atoms with Gasteiger partial charge in [0.1, 0.15) is 4.21 Å². The summed E-state index contributed by atoms with van der Waals surface area (Å²) in [5.74, 6) is 0. The van der Waals surface area contributed by atoms with E-state index in [1.54, 1.807) is 6.92 Å². The van der Waals surface area contributed by atoms with E-state index in [0.29, 0.717) is 6.54 Å². The zero-order chi connectivity index (χ0) is 13.8. The predicted molar refractivity (Wildman–Crippen MR) is 67.6 cm³/mol. The number of nitrogens with one attached hydrogen (secondary N) is 2. The van der Waals surface area contributed by atoms with Crippen molar-refractivity contribution in [2.75, 3.05) is 13.1 Å². The first-order valence-corrected chi connectivity index (χ1v) is 7.74. The SMILES string of the molecule is CCNCc1sc(S(=O)(=O)NCC(F)F)cc1C. The Morgan fingerprint density at radius 2 is 2.11 bits per heavy atom. The second-order valence-corrected chi connectivity index (χ2v) is 6.83. The Morgan fingerprint density at radius 3 is 2.67 bits per heavy atom. The molecule has 0 aliphatic rings. The van der Waals surface area contributed by atoms with Crippen molar-refractivity contribution in [3.63, 3.8) is 0 Å². The maximum Gasteiger partial charge on any atom is 0.251 e. The van der Waals surface area contributed by atoms with Crippen molar-refractivity contribution in [3.05, 3.63) is 16.5 Å². The van der Waals surface area contributed by atoms with E-state index in [1.807, 2.05) is 11.6 Å². The van der Waals surface area contributed by atoms with E-state index < -0.39 is 23.0 Å². The van der Waals surface area contributed by atoms with Crippen molar-refractivity contribution in [1.82, 2.24) is 10.0 Å². The van der Waals surface area contributed by atoms with Gasteiger partial charge in [0.25, 0.3) is 6.43 Å². The fraction of sp³-hybridized carbons (Fsp3) is 0.600. The fourth-order valence-electron chi connectivity index (χ4n) is 1.28. The average molecular weight is 298 g/mol. The summed E-state index contributed by atoms with van der Waals surface area (Å²) in [5, 5.41) is 3.10. The van der Waals surface area contributed by atoms with E-state index in [2.05, 4.69) is 5.32 Å². The van der Waals surface area contributed by atoms with Gasteiger partial charge in [-0.2, -0.15) is 0 Å². The summed E-state index contributed by atoms with van der Waals surface area (Å²) in [4.78, 5) is 0.897. The summed E-state index contributed by atoms with van der Waals surface area (Å²) in [7, 11) is -3.82. The number of hydrogen-bond donors (Lipinski definition) is 2. The van der Waals surface area contributed by atoms with Crippen molar-refractivity contribution in [1.29, 1.82) is 0 Å². The van der Waals surface area contributed by atoms with E-state index >= 15 is 0 Å². The molecule has 2 N–H and O–H groups in total. The van der Waals surface area contributed by atoms with Gasteiger partial charge in [0.05, 0.1) is 6.54 Å². The van der Waals surface area contributed by atoms with Crippen LogP contribution in [0.4, 0.5) is 8.78 Å². The van der Waals surface area contributed by atoms with Gasteiger partial charge in [-0.05, 0) is 25.1 Å². The Bertz CT molecular complexity index is 486. The zero-order valence-electron chi connectivity index (χ0n) is 10.2. The maximum absolute atomic E-state index is 12.0. The van der Waals surface area contributed by atoms with E-state index in [4.69, 9.17) is 0 Å². The van der Waals surface area contributed by atoms with Gasteiger partial charge in [0.15, 0.2) is 0 Å². The molecule has 0 unspecified atom stereocenters. The van der Waals surface area contributed by atoms with Crippen LogP contribution in [0.5, 0.6) is 0 Å². The first kappa shape index (κ1) is 15.5. The molecule has 1 rings (SSSR count). The van der Waals surface area contributed by atoms with Crippen LogP contribution in [0.2, 0.25) is 0 Å². The van der Waals surface area contributed by atoms with Gasteiger partial charge in [-0.25, -0.2) is 21.9 Å². The number of sulfonamides is 1. The Morgan fingerprint density at radius 1 is 1.44 bits per heavy atom. The summed E-state index contributed by atoms with van der Waals surface area (Å²) in [6.45, 7) is 4.25. The number of thiophene rings is 1. The summed E-state index contributed by atoms with van der Waals surface area (Å²) >= 11 is 1.10.